The number of aromatic hydroxyl groups is 1. The Hall–Kier alpha value is -2.95. The van der Waals surface area contributed by atoms with E-state index in [1.807, 2.05) is 6.07 Å². The van der Waals surface area contributed by atoms with E-state index >= 15 is 0 Å². The minimum atomic E-state index is -0.560. The number of phenolic OH excluding ortho intramolecular Hbond substituents is 1. The fourth-order valence-electron chi connectivity index (χ4n) is 1.77. The van der Waals surface area contributed by atoms with Crippen LogP contribution in [-0.4, -0.2) is 16.3 Å². The van der Waals surface area contributed by atoms with Crippen molar-refractivity contribution in [3.8, 4) is 5.75 Å². The van der Waals surface area contributed by atoms with Crippen LogP contribution < -0.4 is 5.63 Å². The second-order valence-electron chi connectivity index (χ2n) is 4.15. The van der Waals surface area contributed by atoms with Gasteiger partial charge in [-0.15, -0.1) is 0 Å². The van der Waals surface area contributed by atoms with Crippen LogP contribution in [0, 0.1) is 0 Å². The summed E-state index contributed by atoms with van der Waals surface area (Å²) in [5, 5.41) is 10.0. The van der Waals surface area contributed by atoms with E-state index in [-0.39, 0.29) is 11.4 Å². The Morgan fingerprint density at radius 1 is 1.20 bits per heavy atom. The summed E-state index contributed by atoms with van der Waals surface area (Å²) in [6.07, 6.45) is 3.14. The summed E-state index contributed by atoms with van der Waals surface area (Å²) in [5.41, 5.74) is 0.605. The van der Waals surface area contributed by atoms with Crippen molar-refractivity contribution < 1.29 is 9.52 Å². The second-order valence-corrected chi connectivity index (χ2v) is 4.15. The normalized spacial score (nSPS) is 11.2. The number of pyridine rings is 1. The van der Waals surface area contributed by atoms with E-state index in [1.165, 1.54) is 18.3 Å². The SMILES string of the molecule is O=c1oc2cc(O)ccc2cc1N=Cc1ccccn1. The highest BCUT2D eigenvalue weighted by atomic mass is 16.4. The van der Waals surface area contributed by atoms with Gasteiger partial charge < -0.3 is 9.52 Å². The molecule has 3 aromatic rings. The molecule has 1 aromatic carbocycles. The summed E-state index contributed by atoms with van der Waals surface area (Å²) in [5.74, 6) is 0.0467. The van der Waals surface area contributed by atoms with Gasteiger partial charge in [0.1, 0.15) is 17.0 Å². The van der Waals surface area contributed by atoms with Gasteiger partial charge in [0, 0.05) is 17.6 Å². The lowest BCUT2D eigenvalue weighted by Gasteiger charge is -1.98. The first kappa shape index (κ1) is 12.1. The lowest BCUT2D eigenvalue weighted by Crippen LogP contribution is -1.98. The first-order valence-corrected chi connectivity index (χ1v) is 5.94. The Bertz CT molecular complexity index is 839. The molecule has 0 aliphatic heterocycles. The third-order valence-corrected chi connectivity index (χ3v) is 2.72. The maximum Gasteiger partial charge on any atom is 0.362 e. The lowest BCUT2D eigenvalue weighted by molar-refractivity contribution is 0.473. The highest BCUT2D eigenvalue weighted by molar-refractivity contribution is 5.83. The third-order valence-electron chi connectivity index (χ3n) is 2.72. The zero-order chi connectivity index (χ0) is 13.9. The van der Waals surface area contributed by atoms with Crippen molar-refractivity contribution in [1.82, 2.24) is 4.98 Å². The molecule has 0 radical (unpaired) electrons. The van der Waals surface area contributed by atoms with Crippen molar-refractivity contribution in [2.45, 2.75) is 0 Å². The topological polar surface area (TPSA) is 75.7 Å². The van der Waals surface area contributed by atoms with Gasteiger partial charge in [-0.2, -0.15) is 0 Å². The molecule has 0 fully saturated rings. The lowest BCUT2D eigenvalue weighted by atomic mass is 10.2. The van der Waals surface area contributed by atoms with Crippen molar-refractivity contribution >= 4 is 22.9 Å². The number of hydrogen-bond donors (Lipinski definition) is 1. The molecule has 0 aliphatic rings. The number of aliphatic imine (C=N–C) groups is 1. The zero-order valence-corrected chi connectivity index (χ0v) is 10.4. The molecule has 0 aliphatic carbocycles. The summed E-state index contributed by atoms with van der Waals surface area (Å²) in [4.78, 5) is 20.0. The minimum Gasteiger partial charge on any atom is -0.508 e. The number of phenols is 1. The monoisotopic (exact) mass is 266 g/mol. The van der Waals surface area contributed by atoms with Gasteiger partial charge in [-0.3, -0.25) is 4.98 Å². The molecule has 2 aromatic heterocycles. The van der Waals surface area contributed by atoms with Gasteiger partial charge in [-0.1, -0.05) is 6.07 Å². The molecule has 5 nitrogen and oxygen atoms in total. The summed E-state index contributed by atoms with van der Waals surface area (Å²) in [6, 6.07) is 11.6. The number of benzene rings is 1. The molecule has 1 N–H and O–H groups in total. The number of fused-ring (bicyclic) bond motifs is 1. The van der Waals surface area contributed by atoms with Gasteiger partial charge in [0.05, 0.1) is 11.9 Å². The largest absolute Gasteiger partial charge is 0.508 e. The van der Waals surface area contributed by atoms with E-state index in [0.717, 1.165) is 0 Å². The van der Waals surface area contributed by atoms with Crippen LogP contribution >= 0.6 is 0 Å². The molecule has 0 saturated carbocycles. The van der Waals surface area contributed by atoms with E-state index in [4.69, 9.17) is 4.42 Å². The third kappa shape index (κ3) is 2.42. The van der Waals surface area contributed by atoms with E-state index in [0.29, 0.717) is 16.7 Å². The highest BCUT2D eigenvalue weighted by Gasteiger charge is 2.04. The van der Waals surface area contributed by atoms with Gasteiger partial charge >= 0.3 is 5.63 Å². The van der Waals surface area contributed by atoms with Crippen LogP contribution in [0.1, 0.15) is 5.69 Å². The van der Waals surface area contributed by atoms with Crippen LogP contribution in [0.25, 0.3) is 11.0 Å². The molecule has 2 heterocycles. The molecular formula is C15H10N2O3. The van der Waals surface area contributed by atoms with E-state index in [1.54, 1.807) is 30.5 Å². The molecule has 98 valence electrons. The maximum absolute atomic E-state index is 11.8. The van der Waals surface area contributed by atoms with Crippen molar-refractivity contribution in [1.29, 1.82) is 0 Å². The van der Waals surface area contributed by atoms with Gasteiger partial charge in [0.2, 0.25) is 0 Å². The van der Waals surface area contributed by atoms with Gasteiger partial charge in [0.15, 0.2) is 0 Å². The van der Waals surface area contributed by atoms with Crippen LogP contribution in [-0.2, 0) is 0 Å². The number of rotatable bonds is 2. The van der Waals surface area contributed by atoms with E-state index in [2.05, 4.69) is 9.98 Å². The standard InChI is InChI=1S/C15H10N2O3/c18-12-5-4-10-7-13(15(19)20-14(10)8-12)17-9-11-3-1-2-6-16-11/h1-9,18H. The maximum atomic E-state index is 11.8. The Kier molecular flexibility index (Phi) is 3.01. The summed E-state index contributed by atoms with van der Waals surface area (Å²) in [6.45, 7) is 0. The smallest absolute Gasteiger partial charge is 0.362 e. The van der Waals surface area contributed by atoms with Crippen LogP contribution in [0.5, 0.6) is 5.75 Å². The molecule has 5 heteroatoms. The molecule has 0 spiro atoms. The molecule has 20 heavy (non-hydrogen) atoms. The van der Waals surface area contributed by atoms with Crippen molar-refractivity contribution in [3.05, 3.63) is 64.8 Å². The Labute approximate surface area is 113 Å². The Morgan fingerprint density at radius 3 is 2.90 bits per heavy atom. The number of nitrogens with zero attached hydrogens (tertiary/aromatic N) is 2. The van der Waals surface area contributed by atoms with Crippen molar-refractivity contribution in [2.24, 2.45) is 4.99 Å². The van der Waals surface area contributed by atoms with Gasteiger partial charge in [0.25, 0.3) is 0 Å². The van der Waals surface area contributed by atoms with Gasteiger partial charge in [-0.05, 0) is 30.3 Å². The quantitative estimate of drug-likeness (QED) is 0.571. The van der Waals surface area contributed by atoms with Crippen LogP contribution in [0.4, 0.5) is 5.69 Å². The van der Waals surface area contributed by atoms with Gasteiger partial charge in [-0.25, -0.2) is 9.79 Å². The zero-order valence-electron chi connectivity index (χ0n) is 10.4. The molecule has 0 bridgehead atoms. The number of aromatic nitrogens is 1. The van der Waals surface area contributed by atoms with Crippen LogP contribution in [0.3, 0.4) is 0 Å². The fraction of sp³-hybridized carbons (Fsp3) is 0. The summed E-state index contributed by atoms with van der Waals surface area (Å²) >= 11 is 0. The molecule has 3 rings (SSSR count). The Morgan fingerprint density at radius 2 is 2.10 bits per heavy atom. The molecule has 0 unspecified atom stereocenters. The second kappa shape index (κ2) is 4.97. The van der Waals surface area contributed by atoms with E-state index < -0.39 is 5.63 Å². The number of hydrogen-bond acceptors (Lipinski definition) is 5. The summed E-state index contributed by atoms with van der Waals surface area (Å²) in [7, 11) is 0. The Balaban J connectivity index is 2.04. The summed E-state index contributed by atoms with van der Waals surface area (Å²) < 4.78 is 5.11. The average Bonchev–Trinajstić information content (AvgIpc) is 2.46. The molecule has 0 saturated heterocycles. The van der Waals surface area contributed by atoms with Crippen molar-refractivity contribution in [3.63, 3.8) is 0 Å². The average molecular weight is 266 g/mol. The predicted molar refractivity (Wildman–Crippen MR) is 75.6 cm³/mol. The van der Waals surface area contributed by atoms with E-state index in [9.17, 15) is 9.90 Å². The highest BCUT2D eigenvalue weighted by Crippen LogP contribution is 2.21. The van der Waals surface area contributed by atoms with Crippen LogP contribution in [0.15, 0.2) is 62.9 Å². The predicted octanol–water partition coefficient (Wildman–Crippen LogP) is 2.64. The minimum absolute atomic E-state index is 0.0467. The molecule has 0 atom stereocenters. The van der Waals surface area contributed by atoms with Crippen molar-refractivity contribution in [2.75, 3.05) is 0 Å². The first-order chi connectivity index (χ1) is 9.72. The molecule has 0 amide bonds. The van der Waals surface area contributed by atoms with Crippen LogP contribution in [0.2, 0.25) is 0 Å². The molecular weight excluding hydrogens is 256 g/mol. The first-order valence-electron chi connectivity index (χ1n) is 5.94. The fourth-order valence-corrected chi connectivity index (χ4v) is 1.77.